The van der Waals surface area contributed by atoms with Crippen LogP contribution in [0.5, 0.6) is 5.75 Å². The maximum absolute atomic E-state index is 13.3. The van der Waals surface area contributed by atoms with Gasteiger partial charge in [0.25, 0.3) is 5.91 Å². The fourth-order valence-electron chi connectivity index (χ4n) is 3.93. The number of aromatic nitrogens is 1. The summed E-state index contributed by atoms with van der Waals surface area (Å²) in [7, 11) is 2.83. The van der Waals surface area contributed by atoms with Crippen molar-refractivity contribution >= 4 is 44.3 Å². The number of fused-ring (bicyclic) bond motifs is 1. The predicted octanol–water partition coefficient (Wildman–Crippen LogP) is 4.47. The minimum atomic E-state index is -1.01. The Morgan fingerprint density at radius 2 is 1.89 bits per heavy atom. The van der Waals surface area contributed by atoms with Crippen molar-refractivity contribution in [2.24, 2.45) is 0 Å². The molecule has 0 aliphatic carbocycles. The van der Waals surface area contributed by atoms with Gasteiger partial charge < -0.3 is 19.0 Å². The number of amides is 1. The minimum absolute atomic E-state index is 0.0218. The molecular weight excluding hydrogens is 472 g/mol. The number of benzene rings is 2. The number of methoxy groups -OCH3 is 2. The zero-order chi connectivity index (χ0) is 24.7. The van der Waals surface area contributed by atoms with Crippen molar-refractivity contribution in [3.05, 3.63) is 89.1 Å². The van der Waals surface area contributed by atoms with E-state index in [-0.39, 0.29) is 16.5 Å². The molecule has 10 heteroatoms. The molecule has 1 amide bonds. The number of ether oxygens (including phenoxy) is 2. The van der Waals surface area contributed by atoms with Gasteiger partial charge in [-0.05, 0) is 48.0 Å². The molecular formula is C25H18N2O7S. The van der Waals surface area contributed by atoms with Crippen molar-refractivity contribution in [1.29, 1.82) is 0 Å². The molecule has 0 fully saturated rings. The summed E-state index contributed by atoms with van der Waals surface area (Å²) in [6.45, 7) is 0. The number of ketones is 1. The standard InChI is InChI=1S/C25H18N2O7S/c1-32-15-9-10-16-18(12-15)35-25(26-16)27-20(13-5-7-14(8-6-13)24(31)33-2)19(22(29)23(27)30)21(28)17-4-3-11-34-17/h3-12,20,29H,1-2H3. The summed E-state index contributed by atoms with van der Waals surface area (Å²) in [4.78, 5) is 44.3. The first-order valence-corrected chi connectivity index (χ1v) is 11.2. The average molecular weight is 490 g/mol. The van der Waals surface area contributed by atoms with Crippen molar-refractivity contribution in [2.75, 3.05) is 19.1 Å². The van der Waals surface area contributed by atoms with Crippen LogP contribution in [0.3, 0.4) is 0 Å². The third kappa shape index (κ3) is 3.73. The number of anilines is 1. The van der Waals surface area contributed by atoms with Gasteiger partial charge in [0.15, 0.2) is 16.7 Å². The van der Waals surface area contributed by atoms with Gasteiger partial charge in [0, 0.05) is 0 Å². The number of thiazole rings is 1. The van der Waals surface area contributed by atoms with E-state index in [1.807, 2.05) is 0 Å². The van der Waals surface area contributed by atoms with Crippen molar-refractivity contribution in [1.82, 2.24) is 4.98 Å². The zero-order valence-corrected chi connectivity index (χ0v) is 19.4. The molecule has 1 atom stereocenters. The Hall–Kier alpha value is -4.44. The number of nitrogens with zero attached hydrogens (tertiary/aromatic N) is 2. The van der Waals surface area contributed by atoms with E-state index in [1.165, 1.54) is 47.8 Å². The summed E-state index contributed by atoms with van der Waals surface area (Å²) < 4.78 is 16.0. The van der Waals surface area contributed by atoms with Gasteiger partial charge in [-0.25, -0.2) is 9.78 Å². The molecule has 2 aromatic heterocycles. The molecule has 0 spiro atoms. The molecule has 2 aromatic carbocycles. The quantitative estimate of drug-likeness (QED) is 0.311. The summed E-state index contributed by atoms with van der Waals surface area (Å²) in [5.74, 6) is -2.01. The maximum Gasteiger partial charge on any atom is 0.337 e. The van der Waals surface area contributed by atoms with Crippen LogP contribution in [0.25, 0.3) is 10.2 Å². The van der Waals surface area contributed by atoms with E-state index in [1.54, 1.807) is 43.5 Å². The molecule has 0 bridgehead atoms. The molecule has 1 aliphatic rings. The monoisotopic (exact) mass is 490 g/mol. The van der Waals surface area contributed by atoms with Crippen LogP contribution >= 0.6 is 11.3 Å². The van der Waals surface area contributed by atoms with Crippen LogP contribution in [-0.2, 0) is 9.53 Å². The highest BCUT2D eigenvalue weighted by Gasteiger charge is 2.46. The summed E-state index contributed by atoms with van der Waals surface area (Å²) in [5, 5.41) is 11.1. The van der Waals surface area contributed by atoms with Gasteiger partial charge in [-0.1, -0.05) is 23.5 Å². The lowest BCUT2D eigenvalue weighted by molar-refractivity contribution is -0.117. The first kappa shape index (κ1) is 22.4. The lowest BCUT2D eigenvalue weighted by Gasteiger charge is -2.24. The Kier molecular flexibility index (Phi) is 5.58. The van der Waals surface area contributed by atoms with Crippen LogP contribution in [0.15, 0.2) is 76.6 Å². The van der Waals surface area contributed by atoms with Gasteiger partial charge in [-0.15, -0.1) is 0 Å². The Bertz CT molecular complexity index is 1490. The number of aliphatic hydroxyl groups is 1. The zero-order valence-electron chi connectivity index (χ0n) is 18.6. The Morgan fingerprint density at radius 1 is 1.11 bits per heavy atom. The molecule has 4 aromatic rings. The molecule has 1 unspecified atom stereocenters. The van der Waals surface area contributed by atoms with Gasteiger partial charge in [-0.3, -0.25) is 14.5 Å². The first-order valence-electron chi connectivity index (χ1n) is 10.4. The number of rotatable bonds is 6. The molecule has 0 saturated heterocycles. The van der Waals surface area contributed by atoms with Crippen LogP contribution in [-0.4, -0.2) is 42.0 Å². The molecule has 0 saturated carbocycles. The van der Waals surface area contributed by atoms with Crippen LogP contribution in [0, 0.1) is 0 Å². The van der Waals surface area contributed by atoms with E-state index >= 15 is 0 Å². The topological polar surface area (TPSA) is 119 Å². The SMILES string of the molecule is COC(=O)c1ccc(C2C(C(=O)c3ccco3)=C(O)C(=O)N2c2nc3ccc(OC)cc3s2)cc1. The molecule has 3 heterocycles. The fraction of sp³-hybridized carbons (Fsp3) is 0.120. The predicted molar refractivity (Wildman–Crippen MR) is 127 cm³/mol. The maximum atomic E-state index is 13.3. The van der Waals surface area contributed by atoms with Gasteiger partial charge >= 0.3 is 5.97 Å². The molecule has 5 rings (SSSR count). The number of hydrogen-bond acceptors (Lipinski definition) is 9. The fourth-order valence-corrected chi connectivity index (χ4v) is 4.95. The Morgan fingerprint density at radius 3 is 2.54 bits per heavy atom. The molecule has 9 nitrogen and oxygen atoms in total. The van der Waals surface area contributed by atoms with Gasteiger partial charge in [0.05, 0.1) is 47.9 Å². The van der Waals surface area contributed by atoms with E-state index < -0.39 is 29.5 Å². The third-order valence-corrected chi connectivity index (χ3v) is 6.65. The van der Waals surface area contributed by atoms with Crippen LogP contribution in [0.1, 0.15) is 32.5 Å². The number of esters is 1. The number of hydrogen-bond donors (Lipinski definition) is 1. The highest BCUT2D eigenvalue weighted by Crippen LogP contribution is 2.44. The molecule has 176 valence electrons. The second-order valence-corrected chi connectivity index (χ2v) is 8.60. The number of furan rings is 1. The van der Waals surface area contributed by atoms with E-state index in [0.29, 0.717) is 22.4 Å². The minimum Gasteiger partial charge on any atom is -0.503 e. The van der Waals surface area contributed by atoms with Crippen molar-refractivity contribution in [2.45, 2.75) is 6.04 Å². The number of carbonyl (C=O) groups excluding carboxylic acids is 3. The van der Waals surface area contributed by atoms with Crippen LogP contribution < -0.4 is 9.64 Å². The highest BCUT2D eigenvalue weighted by atomic mass is 32.1. The molecule has 1 aliphatic heterocycles. The molecule has 35 heavy (non-hydrogen) atoms. The van der Waals surface area contributed by atoms with E-state index in [2.05, 4.69) is 4.98 Å². The van der Waals surface area contributed by atoms with Gasteiger partial charge in [-0.2, -0.15) is 0 Å². The Balaban J connectivity index is 1.65. The summed E-state index contributed by atoms with van der Waals surface area (Å²) >= 11 is 1.22. The molecule has 0 radical (unpaired) electrons. The number of Topliss-reactive ketones (excluding diaryl/α,β-unsaturated/α-hetero) is 1. The summed E-state index contributed by atoms with van der Waals surface area (Å²) in [5.41, 5.74) is 1.27. The van der Waals surface area contributed by atoms with Gasteiger partial charge in [0.2, 0.25) is 5.78 Å². The van der Waals surface area contributed by atoms with Crippen molar-refractivity contribution in [3.8, 4) is 5.75 Å². The average Bonchev–Trinajstić information content (AvgIpc) is 3.61. The molecule has 1 N–H and O–H groups in total. The largest absolute Gasteiger partial charge is 0.503 e. The van der Waals surface area contributed by atoms with Crippen molar-refractivity contribution in [3.63, 3.8) is 0 Å². The third-order valence-electron chi connectivity index (χ3n) is 5.64. The summed E-state index contributed by atoms with van der Waals surface area (Å²) in [6.07, 6.45) is 1.33. The van der Waals surface area contributed by atoms with Crippen LogP contribution in [0.4, 0.5) is 5.13 Å². The second-order valence-electron chi connectivity index (χ2n) is 7.59. The number of aliphatic hydroxyl groups excluding tert-OH is 1. The van der Waals surface area contributed by atoms with E-state index in [9.17, 15) is 19.5 Å². The summed E-state index contributed by atoms with van der Waals surface area (Å²) in [6, 6.07) is 13.5. The van der Waals surface area contributed by atoms with Crippen molar-refractivity contribution < 1.29 is 33.4 Å². The Labute approximate surface area is 202 Å². The highest BCUT2D eigenvalue weighted by molar-refractivity contribution is 7.22. The first-order chi connectivity index (χ1) is 16.9. The second kappa shape index (κ2) is 8.73. The lowest BCUT2D eigenvalue weighted by Crippen LogP contribution is -2.31. The van der Waals surface area contributed by atoms with E-state index in [0.717, 1.165) is 4.70 Å². The smallest absolute Gasteiger partial charge is 0.337 e. The van der Waals surface area contributed by atoms with Gasteiger partial charge in [0.1, 0.15) is 5.75 Å². The van der Waals surface area contributed by atoms with E-state index in [4.69, 9.17) is 13.9 Å². The normalized spacial score (nSPS) is 15.7. The van der Waals surface area contributed by atoms with Crippen LogP contribution in [0.2, 0.25) is 0 Å². The number of carbonyl (C=O) groups is 3. The lowest BCUT2D eigenvalue weighted by atomic mass is 9.94.